The van der Waals surface area contributed by atoms with E-state index in [1.54, 1.807) is 0 Å². The minimum absolute atomic E-state index is 0.0299. The Bertz CT molecular complexity index is 1600. The molecule has 0 bridgehead atoms. The van der Waals surface area contributed by atoms with E-state index in [9.17, 15) is 30.8 Å². The number of ketones is 1. The molecule has 38 heavy (non-hydrogen) atoms. The molecule has 4 rings (SSSR count). The third-order valence-corrected chi connectivity index (χ3v) is 9.61. The van der Waals surface area contributed by atoms with Crippen molar-refractivity contribution >= 4 is 53.8 Å². The zero-order valence-corrected chi connectivity index (χ0v) is 22.6. The first-order valence-electron chi connectivity index (χ1n) is 11.2. The fraction of sp³-hybridized carbons (Fsp3) is 0.400. The highest BCUT2D eigenvalue weighted by Gasteiger charge is 2.32. The topological polar surface area (TPSA) is 195 Å². The van der Waals surface area contributed by atoms with Crippen LogP contribution in [0.5, 0.6) is 0 Å². The second kappa shape index (κ2) is 10.8. The molecule has 1 aliphatic rings. The number of urea groups is 1. The minimum Gasteiger partial charge on any atom is -0.307 e. The van der Waals surface area contributed by atoms with E-state index in [2.05, 4.69) is 35.9 Å². The van der Waals surface area contributed by atoms with Crippen molar-refractivity contribution < 1.29 is 30.8 Å². The Morgan fingerprint density at radius 3 is 2.50 bits per heavy atom. The van der Waals surface area contributed by atoms with Crippen molar-refractivity contribution in [2.75, 3.05) is 16.9 Å². The summed E-state index contributed by atoms with van der Waals surface area (Å²) in [4.78, 5) is 29.8. The number of amides is 2. The molecule has 18 heteroatoms. The third kappa shape index (κ3) is 6.20. The predicted octanol–water partition coefficient (Wildman–Crippen LogP) is 1.70. The number of carbonyl (C=O) groups is 2. The van der Waals surface area contributed by atoms with Gasteiger partial charge in [-0.2, -0.15) is 0 Å². The van der Waals surface area contributed by atoms with Gasteiger partial charge in [-0.1, -0.05) is 29.3 Å². The maximum Gasteiger partial charge on any atom is 0.325 e. The lowest BCUT2D eigenvalue weighted by atomic mass is 9.95. The number of nitrogens with zero attached hydrogens (tertiary/aromatic N) is 5. The largest absolute Gasteiger partial charge is 0.325 e. The van der Waals surface area contributed by atoms with Crippen LogP contribution in [0.15, 0.2) is 27.6 Å². The summed E-state index contributed by atoms with van der Waals surface area (Å²) >= 11 is 0.555. The van der Waals surface area contributed by atoms with Crippen molar-refractivity contribution in [2.24, 2.45) is 13.0 Å². The van der Waals surface area contributed by atoms with E-state index < -0.39 is 43.4 Å². The Morgan fingerprint density at radius 1 is 1.16 bits per heavy atom. The number of carbonyl (C=O) groups excluding carboxylic acids is 2. The highest BCUT2D eigenvalue weighted by Crippen LogP contribution is 2.33. The molecule has 0 radical (unpaired) electrons. The van der Waals surface area contributed by atoms with Gasteiger partial charge in [0.05, 0.1) is 24.2 Å². The molecule has 0 aliphatic heterocycles. The van der Waals surface area contributed by atoms with Crippen molar-refractivity contribution in [1.82, 2.24) is 29.9 Å². The molecule has 3 aromatic rings. The number of aryl methyl sites for hydroxylation is 1. The van der Waals surface area contributed by atoms with Gasteiger partial charge < -0.3 is 5.32 Å². The number of nitrogens with one attached hydrogen (secondary N) is 3. The number of halogens is 1. The Morgan fingerprint density at radius 2 is 1.87 bits per heavy atom. The van der Waals surface area contributed by atoms with E-state index in [0.29, 0.717) is 24.2 Å². The van der Waals surface area contributed by atoms with Crippen molar-refractivity contribution in [1.29, 1.82) is 0 Å². The second-order valence-corrected chi connectivity index (χ2v) is 13.4. The summed E-state index contributed by atoms with van der Waals surface area (Å²) in [6.07, 6.45) is 4.04. The molecule has 1 aliphatic carbocycles. The van der Waals surface area contributed by atoms with Crippen LogP contribution in [0.3, 0.4) is 0 Å². The fourth-order valence-corrected chi connectivity index (χ4v) is 7.06. The van der Waals surface area contributed by atoms with Crippen molar-refractivity contribution in [3.63, 3.8) is 0 Å². The molecule has 1 fully saturated rings. The molecule has 2 amide bonds. The number of thiazole rings is 1. The van der Waals surface area contributed by atoms with Gasteiger partial charge in [-0.15, -0.1) is 0 Å². The van der Waals surface area contributed by atoms with E-state index in [-0.39, 0.29) is 38.0 Å². The Labute approximate surface area is 221 Å². The van der Waals surface area contributed by atoms with Crippen LogP contribution < -0.4 is 15.4 Å². The van der Waals surface area contributed by atoms with Crippen LogP contribution in [-0.4, -0.2) is 60.1 Å². The average Bonchev–Trinajstić information content (AvgIpc) is 3.59. The zero-order chi connectivity index (χ0) is 27.7. The molecule has 0 spiro atoms. The molecular formula is C20H23FN8O6S3. The van der Waals surface area contributed by atoms with Crippen molar-refractivity contribution in [3.05, 3.63) is 35.3 Å². The summed E-state index contributed by atoms with van der Waals surface area (Å²) in [7, 11) is -6.75. The number of tetrazole rings is 1. The number of benzene rings is 1. The van der Waals surface area contributed by atoms with Gasteiger partial charge in [0, 0.05) is 18.5 Å². The summed E-state index contributed by atoms with van der Waals surface area (Å²) in [5.74, 6) is -1.16. The Kier molecular flexibility index (Phi) is 7.86. The SMILES string of the molecule is Cn1nnnc1S(=O)(=O)c1sc(NC(=O)Nc2ccc(F)cc2C(=O)C2CCCC2)nc1CNS(C)(=O)=O. The van der Waals surface area contributed by atoms with Crippen LogP contribution in [0.2, 0.25) is 0 Å². The summed E-state index contributed by atoms with van der Waals surface area (Å²) in [6.45, 7) is -0.490. The van der Waals surface area contributed by atoms with Crippen LogP contribution >= 0.6 is 11.3 Å². The number of rotatable bonds is 9. The van der Waals surface area contributed by atoms with Gasteiger partial charge in [0.1, 0.15) is 5.82 Å². The summed E-state index contributed by atoms with van der Waals surface area (Å²) in [5, 5.41) is 14.5. The Hall–Kier alpha value is -3.35. The molecule has 0 unspecified atom stereocenters. The molecule has 1 aromatic carbocycles. The quantitative estimate of drug-likeness (QED) is 0.311. The smallest absolute Gasteiger partial charge is 0.307 e. The monoisotopic (exact) mass is 586 g/mol. The summed E-state index contributed by atoms with van der Waals surface area (Å²) in [5.41, 5.74) is -0.0887. The lowest BCUT2D eigenvalue weighted by Crippen LogP contribution is -2.23. The van der Waals surface area contributed by atoms with Crippen LogP contribution in [0.4, 0.5) is 20.0 Å². The number of aromatic nitrogens is 5. The maximum atomic E-state index is 13.9. The van der Waals surface area contributed by atoms with Crippen LogP contribution in [0, 0.1) is 11.7 Å². The fourth-order valence-electron chi connectivity index (χ4n) is 3.93. The van der Waals surface area contributed by atoms with Crippen molar-refractivity contribution in [3.8, 4) is 0 Å². The normalized spacial score (nSPS) is 14.5. The van der Waals surface area contributed by atoms with Gasteiger partial charge in [-0.05, 0) is 41.5 Å². The number of hydrogen-bond donors (Lipinski definition) is 3. The first kappa shape index (κ1) is 27.7. The molecule has 204 valence electrons. The van der Waals surface area contributed by atoms with Crippen molar-refractivity contribution in [2.45, 2.75) is 41.6 Å². The average molecular weight is 587 g/mol. The van der Waals surface area contributed by atoms with Gasteiger partial charge in [-0.3, -0.25) is 10.1 Å². The lowest BCUT2D eigenvalue weighted by molar-refractivity contribution is 0.0923. The first-order chi connectivity index (χ1) is 17.8. The third-order valence-electron chi connectivity index (χ3n) is 5.67. The number of Topliss-reactive ketones (excluding diaryl/α,β-unsaturated/α-hetero) is 1. The highest BCUT2D eigenvalue weighted by molar-refractivity contribution is 7.93. The van der Waals surface area contributed by atoms with E-state index in [1.807, 2.05) is 0 Å². The maximum absolute atomic E-state index is 13.9. The molecule has 0 saturated heterocycles. The van der Waals surface area contributed by atoms with E-state index in [4.69, 9.17) is 0 Å². The second-order valence-electron chi connectivity index (χ2n) is 8.55. The van der Waals surface area contributed by atoms with Gasteiger partial charge in [0.2, 0.25) is 10.0 Å². The van der Waals surface area contributed by atoms with Crippen LogP contribution in [-0.2, 0) is 33.5 Å². The van der Waals surface area contributed by atoms with Crippen LogP contribution in [0.1, 0.15) is 41.7 Å². The Balaban J connectivity index is 1.60. The minimum atomic E-state index is -4.34. The number of sulfonamides is 1. The number of sulfone groups is 1. The molecule has 14 nitrogen and oxygen atoms in total. The molecular weight excluding hydrogens is 563 g/mol. The van der Waals surface area contributed by atoms with Gasteiger partial charge in [0.25, 0.3) is 15.0 Å². The number of anilines is 2. The summed E-state index contributed by atoms with van der Waals surface area (Å²) < 4.78 is 66.1. The molecule has 1 saturated carbocycles. The first-order valence-corrected chi connectivity index (χ1v) is 15.4. The number of hydrogen-bond acceptors (Lipinski definition) is 11. The molecule has 0 atom stereocenters. The van der Waals surface area contributed by atoms with E-state index in [1.165, 1.54) is 13.1 Å². The molecule has 2 aromatic heterocycles. The van der Waals surface area contributed by atoms with Gasteiger partial charge >= 0.3 is 6.03 Å². The lowest BCUT2D eigenvalue weighted by Gasteiger charge is -2.14. The van der Waals surface area contributed by atoms with Crippen LogP contribution in [0.25, 0.3) is 0 Å². The van der Waals surface area contributed by atoms with Gasteiger partial charge in [-0.25, -0.2) is 40.4 Å². The van der Waals surface area contributed by atoms with Gasteiger partial charge in [0.15, 0.2) is 15.1 Å². The molecule has 3 N–H and O–H groups in total. The zero-order valence-electron chi connectivity index (χ0n) is 20.1. The van der Waals surface area contributed by atoms with E-state index >= 15 is 0 Å². The highest BCUT2D eigenvalue weighted by atomic mass is 32.2. The van der Waals surface area contributed by atoms with E-state index in [0.717, 1.165) is 35.9 Å². The predicted molar refractivity (Wildman–Crippen MR) is 133 cm³/mol. The summed E-state index contributed by atoms with van der Waals surface area (Å²) in [6, 6.07) is 2.54. The molecule has 2 heterocycles. The standard InChI is InChI=1S/C20H23FN8O6S3/c1-29-20(26-27-28-29)38(34,35)17-15(10-22-37(2,32)33)24-19(36-17)25-18(31)23-14-8-7-12(21)9-13(14)16(30)11-5-3-4-6-11/h7-9,11,22H,3-6,10H2,1-2H3,(H2,23,24,25,31).